The quantitative estimate of drug-likeness (QED) is 0.762. The maximum absolute atomic E-state index is 11.7. The second kappa shape index (κ2) is 3.35. The zero-order valence-electron chi connectivity index (χ0n) is 8.10. The normalized spacial score (nSPS) is 16.9. The number of aromatic nitrogens is 1. The van der Waals surface area contributed by atoms with Crippen molar-refractivity contribution >= 4 is 9.84 Å². The highest BCUT2D eigenvalue weighted by atomic mass is 32.2. The largest absolute Gasteiger partial charge is 0.244 e. The fraction of sp³-hybridized carbons (Fsp3) is 0.500. The zero-order chi connectivity index (χ0) is 10.2. The van der Waals surface area contributed by atoms with Gasteiger partial charge in [0.15, 0.2) is 14.9 Å². The van der Waals surface area contributed by atoms with E-state index < -0.39 is 9.84 Å². The number of rotatable bonds is 3. The number of hydrogen-bond acceptors (Lipinski definition) is 3. The monoisotopic (exact) mass is 211 g/mol. The summed E-state index contributed by atoms with van der Waals surface area (Å²) in [5, 5.41) is 0.218. The standard InChI is InChI=1S/C10H13NO2S/c1-8-2-5-10(11-6-8)14(12,13)7-9-3-4-9/h2,5-6,9H,3-4,7H2,1H3. The van der Waals surface area contributed by atoms with Gasteiger partial charge in [0.25, 0.3) is 0 Å². The molecule has 0 aromatic carbocycles. The van der Waals surface area contributed by atoms with Gasteiger partial charge in [-0.25, -0.2) is 13.4 Å². The molecule has 0 spiro atoms. The smallest absolute Gasteiger partial charge is 0.195 e. The highest BCUT2D eigenvalue weighted by Crippen LogP contribution is 2.31. The van der Waals surface area contributed by atoms with E-state index in [9.17, 15) is 8.42 Å². The Morgan fingerprint density at radius 3 is 2.64 bits per heavy atom. The van der Waals surface area contributed by atoms with Crippen molar-refractivity contribution in [2.24, 2.45) is 5.92 Å². The summed E-state index contributed by atoms with van der Waals surface area (Å²) in [6.07, 6.45) is 3.69. The third-order valence-corrected chi connectivity index (χ3v) is 4.14. The maximum Gasteiger partial charge on any atom is 0.195 e. The Labute approximate surface area is 84.1 Å². The number of hydrogen-bond donors (Lipinski definition) is 0. The Morgan fingerprint density at radius 1 is 1.43 bits per heavy atom. The van der Waals surface area contributed by atoms with Gasteiger partial charge >= 0.3 is 0 Å². The fourth-order valence-electron chi connectivity index (χ4n) is 1.32. The van der Waals surface area contributed by atoms with Crippen molar-refractivity contribution < 1.29 is 8.42 Å². The lowest BCUT2D eigenvalue weighted by atomic mass is 10.3. The van der Waals surface area contributed by atoms with Crippen LogP contribution in [0.5, 0.6) is 0 Å². The van der Waals surface area contributed by atoms with Crippen LogP contribution < -0.4 is 0 Å². The molecule has 1 fully saturated rings. The Morgan fingerprint density at radius 2 is 2.14 bits per heavy atom. The van der Waals surface area contributed by atoms with Crippen molar-refractivity contribution in [3.63, 3.8) is 0 Å². The van der Waals surface area contributed by atoms with E-state index in [0.29, 0.717) is 5.92 Å². The molecular formula is C10H13NO2S. The molecule has 0 aliphatic heterocycles. The first-order valence-electron chi connectivity index (χ1n) is 4.73. The van der Waals surface area contributed by atoms with Gasteiger partial charge in [-0.1, -0.05) is 6.07 Å². The van der Waals surface area contributed by atoms with Gasteiger partial charge in [-0.3, -0.25) is 0 Å². The predicted molar refractivity (Wildman–Crippen MR) is 53.8 cm³/mol. The third-order valence-electron chi connectivity index (χ3n) is 2.35. The van der Waals surface area contributed by atoms with E-state index in [1.54, 1.807) is 18.3 Å². The van der Waals surface area contributed by atoms with Crippen LogP contribution >= 0.6 is 0 Å². The van der Waals surface area contributed by atoms with Gasteiger partial charge in [-0.05, 0) is 37.3 Å². The van der Waals surface area contributed by atoms with Crippen molar-refractivity contribution in [3.8, 4) is 0 Å². The van der Waals surface area contributed by atoms with Gasteiger partial charge < -0.3 is 0 Å². The van der Waals surface area contributed by atoms with Crippen molar-refractivity contribution in [3.05, 3.63) is 23.9 Å². The molecular weight excluding hydrogens is 198 g/mol. The highest BCUT2D eigenvalue weighted by molar-refractivity contribution is 7.91. The molecule has 1 heterocycles. The number of sulfone groups is 1. The lowest BCUT2D eigenvalue weighted by Gasteiger charge is -2.01. The minimum absolute atomic E-state index is 0.218. The summed E-state index contributed by atoms with van der Waals surface area (Å²) in [5.74, 6) is 0.645. The van der Waals surface area contributed by atoms with Crippen molar-refractivity contribution in [1.82, 2.24) is 4.98 Å². The van der Waals surface area contributed by atoms with Gasteiger partial charge in [0.05, 0.1) is 5.75 Å². The number of pyridine rings is 1. The predicted octanol–water partition coefficient (Wildman–Crippen LogP) is 1.57. The first kappa shape index (κ1) is 9.65. The van der Waals surface area contributed by atoms with E-state index in [2.05, 4.69) is 4.98 Å². The van der Waals surface area contributed by atoms with E-state index in [1.807, 2.05) is 6.92 Å². The molecule has 3 nitrogen and oxygen atoms in total. The second-order valence-corrected chi connectivity index (χ2v) is 5.88. The van der Waals surface area contributed by atoms with Crippen LogP contribution in [0, 0.1) is 12.8 Å². The van der Waals surface area contributed by atoms with Crippen molar-refractivity contribution in [2.75, 3.05) is 5.75 Å². The van der Waals surface area contributed by atoms with Crippen LogP contribution in [0.1, 0.15) is 18.4 Å². The van der Waals surface area contributed by atoms with Crippen LogP contribution in [-0.4, -0.2) is 19.2 Å². The Hall–Kier alpha value is -0.900. The molecule has 2 rings (SSSR count). The molecule has 0 bridgehead atoms. The van der Waals surface area contributed by atoms with Crippen LogP contribution in [0.2, 0.25) is 0 Å². The van der Waals surface area contributed by atoms with E-state index in [4.69, 9.17) is 0 Å². The molecule has 76 valence electrons. The van der Waals surface area contributed by atoms with E-state index in [-0.39, 0.29) is 10.8 Å². The fourth-order valence-corrected chi connectivity index (χ4v) is 2.93. The molecule has 14 heavy (non-hydrogen) atoms. The number of nitrogens with zero attached hydrogens (tertiary/aromatic N) is 1. The van der Waals surface area contributed by atoms with Crippen LogP contribution in [0.25, 0.3) is 0 Å². The molecule has 0 unspecified atom stereocenters. The molecule has 0 N–H and O–H groups in total. The Bertz CT molecular complexity index is 418. The molecule has 1 aromatic heterocycles. The topological polar surface area (TPSA) is 47.0 Å². The van der Waals surface area contributed by atoms with Crippen LogP contribution in [0.15, 0.2) is 23.4 Å². The molecule has 1 aliphatic carbocycles. The summed E-state index contributed by atoms with van der Waals surface area (Å²) in [6, 6.07) is 3.37. The zero-order valence-corrected chi connectivity index (χ0v) is 8.92. The van der Waals surface area contributed by atoms with Gasteiger partial charge in [0.1, 0.15) is 0 Å². The van der Waals surface area contributed by atoms with Gasteiger partial charge in [0, 0.05) is 6.20 Å². The van der Waals surface area contributed by atoms with Crippen LogP contribution in [0.4, 0.5) is 0 Å². The average Bonchev–Trinajstić information content (AvgIpc) is 2.88. The average molecular weight is 211 g/mol. The number of aryl methyl sites for hydroxylation is 1. The first-order valence-corrected chi connectivity index (χ1v) is 6.38. The third kappa shape index (κ3) is 2.12. The summed E-state index contributed by atoms with van der Waals surface area (Å²) >= 11 is 0. The summed E-state index contributed by atoms with van der Waals surface area (Å²) in [5.41, 5.74) is 0.982. The molecule has 4 heteroatoms. The molecule has 0 radical (unpaired) electrons. The van der Waals surface area contributed by atoms with Crippen molar-refractivity contribution in [1.29, 1.82) is 0 Å². The molecule has 0 saturated heterocycles. The lowest BCUT2D eigenvalue weighted by Crippen LogP contribution is -2.10. The van der Waals surface area contributed by atoms with Gasteiger partial charge in [-0.15, -0.1) is 0 Å². The summed E-state index contributed by atoms with van der Waals surface area (Å²) in [6.45, 7) is 1.89. The maximum atomic E-state index is 11.7. The van der Waals surface area contributed by atoms with E-state index in [0.717, 1.165) is 18.4 Å². The lowest BCUT2D eigenvalue weighted by molar-refractivity contribution is 0.588. The Balaban J connectivity index is 2.24. The molecule has 1 aliphatic rings. The molecule has 1 saturated carbocycles. The van der Waals surface area contributed by atoms with Gasteiger partial charge in [-0.2, -0.15) is 0 Å². The highest BCUT2D eigenvalue weighted by Gasteiger charge is 2.29. The summed E-state index contributed by atoms with van der Waals surface area (Å²) < 4.78 is 23.5. The molecule has 1 aromatic rings. The first-order chi connectivity index (χ1) is 6.58. The van der Waals surface area contributed by atoms with Crippen LogP contribution in [0.3, 0.4) is 0 Å². The minimum atomic E-state index is -3.12. The minimum Gasteiger partial charge on any atom is -0.244 e. The van der Waals surface area contributed by atoms with Gasteiger partial charge in [0.2, 0.25) is 0 Å². The second-order valence-electron chi connectivity index (χ2n) is 3.90. The summed E-state index contributed by atoms with van der Waals surface area (Å²) in [4.78, 5) is 3.94. The molecule has 0 atom stereocenters. The molecule has 0 amide bonds. The Kier molecular flexibility index (Phi) is 2.31. The van der Waals surface area contributed by atoms with Crippen LogP contribution in [-0.2, 0) is 9.84 Å². The summed E-state index contributed by atoms with van der Waals surface area (Å²) in [7, 11) is -3.12. The SMILES string of the molecule is Cc1ccc(S(=O)(=O)CC2CC2)nc1. The van der Waals surface area contributed by atoms with Crippen molar-refractivity contribution in [2.45, 2.75) is 24.8 Å². The van der Waals surface area contributed by atoms with E-state index >= 15 is 0 Å². The van der Waals surface area contributed by atoms with E-state index in [1.165, 1.54) is 0 Å².